The van der Waals surface area contributed by atoms with Crippen LogP contribution in [-0.4, -0.2) is 108 Å². The number of nitrogens with zero attached hydrogens (tertiary/aromatic N) is 4. The molecule has 3 saturated heterocycles. The average molecular weight is 993 g/mol. The van der Waals surface area contributed by atoms with E-state index in [2.05, 4.69) is 87.6 Å². The lowest BCUT2D eigenvalue weighted by molar-refractivity contribution is -0.134. The topological polar surface area (TPSA) is 176 Å². The number of likely N-dealkylation sites (tertiary alicyclic amines) is 1. The fourth-order valence-corrected chi connectivity index (χ4v) is 12.7. The zero-order valence-corrected chi connectivity index (χ0v) is 41.4. The molecule has 0 saturated carbocycles. The standard InChI is InChI=1S/C51H54ClN7O6S2.CH4O/c1-30(61)47-46(65-24-23-60)45(52)48(67-47)33-7-5-8-34(26-33)55-35-19-22-58(51(2,3)27-35)66-28-31-11-13-39(53-4)40(25-31)54-29-57-20-17-32(18-21-57)36-12-14-41-44-37(36)9-6-10-38(44)50(64)59(41)42-15-16-43(62)56-49(42)63;1-2/h5-14,23,25-26,32,35,42,54-55,61H,1,4,15-22,24,27-29H2,2-3H3,(H,56,62,63);2H,1H3. The van der Waals surface area contributed by atoms with Crippen molar-refractivity contribution in [2.75, 3.05) is 55.6 Å². The second kappa shape index (κ2) is 21.5. The number of hydrogen-bond acceptors (Lipinski definition) is 14. The van der Waals surface area contributed by atoms with Crippen LogP contribution < -0.4 is 25.6 Å². The maximum atomic E-state index is 13.7. The van der Waals surface area contributed by atoms with Gasteiger partial charge in [0.25, 0.3) is 5.91 Å². The van der Waals surface area contributed by atoms with E-state index in [1.54, 1.807) is 4.90 Å². The van der Waals surface area contributed by atoms with Gasteiger partial charge < -0.3 is 25.6 Å². The number of rotatable bonds is 16. The van der Waals surface area contributed by atoms with Gasteiger partial charge >= 0.3 is 0 Å². The van der Waals surface area contributed by atoms with Crippen LogP contribution in [0.15, 0.2) is 84.4 Å². The molecule has 3 amide bonds. The highest BCUT2D eigenvalue weighted by molar-refractivity contribution is 7.96. The fourth-order valence-electron chi connectivity index (χ4n) is 10.1. The Hall–Kier alpha value is -5.75. The van der Waals surface area contributed by atoms with Crippen LogP contribution in [0.4, 0.5) is 22.7 Å². The number of hydrogen-bond donors (Lipinski definition) is 5. The number of aldehydes is 1. The Morgan fingerprint density at radius 3 is 2.54 bits per heavy atom. The Balaban J connectivity index is 0.00000317. The number of imide groups is 1. The summed E-state index contributed by atoms with van der Waals surface area (Å²) in [7, 11) is 1.00. The minimum Gasteiger partial charge on any atom is -0.507 e. The highest BCUT2D eigenvalue weighted by atomic mass is 35.5. The van der Waals surface area contributed by atoms with Crippen LogP contribution in [0, 0.1) is 0 Å². The van der Waals surface area contributed by atoms with Crippen LogP contribution in [0.5, 0.6) is 5.75 Å². The summed E-state index contributed by atoms with van der Waals surface area (Å²) in [5.41, 5.74) is 7.35. The predicted molar refractivity (Wildman–Crippen MR) is 279 cm³/mol. The van der Waals surface area contributed by atoms with Crippen molar-refractivity contribution in [3.63, 3.8) is 0 Å². The molecule has 4 aliphatic heterocycles. The van der Waals surface area contributed by atoms with Crippen LogP contribution in [0.3, 0.4) is 0 Å². The third kappa shape index (κ3) is 10.4. The van der Waals surface area contributed by atoms with Crippen LogP contribution in [0.2, 0.25) is 5.02 Å². The number of aliphatic imine (C=N–C) groups is 1. The van der Waals surface area contributed by atoms with E-state index >= 15 is 0 Å². The van der Waals surface area contributed by atoms with Crippen molar-refractivity contribution < 1.29 is 34.1 Å². The molecule has 1 aromatic heterocycles. The normalized spacial score (nSPS) is 19.4. The third-order valence-corrected chi connectivity index (χ3v) is 16.6. The highest BCUT2D eigenvalue weighted by Gasteiger charge is 2.41. The van der Waals surface area contributed by atoms with Gasteiger partial charge in [0.05, 0.1) is 28.6 Å². The first kappa shape index (κ1) is 49.7. The van der Waals surface area contributed by atoms with Gasteiger partial charge in [-0.2, -0.15) is 0 Å². The third-order valence-electron chi connectivity index (χ3n) is 13.4. The second-order valence-electron chi connectivity index (χ2n) is 18.2. The van der Waals surface area contributed by atoms with Crippen molar-refractivity contribution >= 4 is 105 Å². The van der Waals surface area contributed by atoms with Gasteiger partial charge in [0.1, 0.15) is 28.3 Å². The number of carbonyl (C=O) groups excluding carboxylic acids is 4. The molecule has 14 nitrogen and oxygen atoms in total. The number of ether oxygens (including phenoxy) is 1. The molecule has 362 valence electrons. The number of aliphatic hydroxyl groups is 2. The molecule has 5 aromatic rings. The number of nitrogens with one attached hydrogen (secondary N) is 3. The molecule has 4 aliphatic rings. The number of anilines is 3. The Morgan fingerprint density at radius 1 is 1.03 bits per heavy atom. The molecule has 0 bridgehead atoms. The number of amides is 3. The summed E-state index contributed by atoms with van der Waals surface area (Å²) >= 11 is 9.84. The first-order valence-corrected chi connectivity index (χ1v) is 25.2. The van der Waals surface area contributed by atoms with Gasteiger partial charge in [-0.1, -0.05) is 66.5 Å². The van der Waals surface area contributed by atoms with E-state index in [1.165, 1.54) is 22.5 Å². The molecule has 5 N–H and O–H groups in total. The Bertz CT molecular complexity index is 2790. The summed E-state index contributed by atoms with van der Waals surface area (Å²) < 4.78 is 8.05. The van der Waals surface area contributed by atoms with Gasteiger partial charge in [0.2, 0.25) is 11.8 Å². The van der Waals surface area contributed by atoms with E-state index in [0.29, 0.717) is 40.8 Å². The summed E-state index contributed by atoms with van der Waals surface area (Å²) in [5.74, 6) is 0.337. The van der Waals surface area contributed by atoms with Crippen LogP contribution in [0.25, 0.3) is 27.0 Å². The number of piperidine rings is 3. The minimum atomic E-state index is -0.701. The van der Waals surface area contributed by atoms with Crippen molar-refractivity contribution in [1.82, 2.24) is 14.5 Å². The molecular weight excluding hydrogens is 934 g/mol. The molecule has 3 fully saturated rings. The van der Waals surface area contributed by atoms with E-state index in [1.807, 2.05) is 54.4 Å². The first-order valence-electron chi connectivity index (χ1n) is 23.1. The van der Waals surface area contributed by atoms with E-state index in [-0.39, 0.29) is 47.9 Å². The lowest BCUT2D eigenvalue weighted by atomic mass is 9.85. The maximum absolute atomic E-state index is 13.7. The summed E-state index contributed by atoms with van der Waals surface area (Å²) in [6, 6.07) is 24.0. The number of halogens is 1. The van der Waals surface area contributed by atoms with Crippen molar-refractivity contribution in [3.05, 3.63) is 106 Å². The second-order valence-corrected chi connectivity index (χ2v) is 20.6. The Kier molecular flexibility index (Phi) is 15.5. The van der Waals surface area contributed by atoms with Gasteiger partial charge in [0, 0.05) is 67.1 Å². The summed E-state index contributed by atoms with van der Waals surface area (Å²) in [6.07, 6.45) is 5.01. The molecule has 4 aromatic carbocycles. The quantitative estimate of drug-likeness (QED) is 0.0208. The first-order chi connectivity index (χ1) is 33.3. The van der Waals surface area contributed by atoms with Gasteiger partial charge in [0.15, 0.2) is 12.0 Å². The lowest BCUT2D eigenvalue weighted by Gasteiger charge is -2.45. The number of benzene rings is 4. The molecule has 2 unspecified atom stereocenters. The number of thiophene rings is 1. The average Bonchev–Trinajstić information content (AvgIpc) is 3.83. The minimum absolute atomic E-state index is 0.0767. The Morgan fingerprint density at radius 2 is 1.81 bits per heavy atom. The van der Waals surface area contributed by atoms with Gasteiger partial charge in [-0.15, -0.1) is 11.3 Å². The van der Waals surface area contributed by atoms with Crippen LogP contribution >= 0.6 is 34.9 Å². The highest BCUT2D eigenvalue weighted by Crippen LogP contribution is 2.48. The lowest BCUT2D eigenvalue weighted by Crippen LogP contribution is -2.53. The van der Waals surface area contributed by atoms with Crippen molar-refractivity contribution in [2.45, 2.75) is 81.7 Å². The zero-order chi connectivity index (χ0) is 49.0. The van der Waals surface area contributed by atoms with E-state index in [9.17, 15) is 24.3 Å². The van der Waals surface area contributed by atoms with Gasteiger partial charge in [-0.05, 0) is 117 Å². The fraction of sp³-hybridized carbons (Fsp3) is 0.365. The molecule has 0 radical (unpaired) electrons. The zero-order valence-electron chi connectivity index (χ0n) is 39.1. The number of aliphatic hydroxyl groups excluding tert-OH is 2. The predicted octanol–water partition coefficient (Wildman–Crippen LogP) is 9.79. The van der Waals surface area contributed by atoms with Crippen LogP contribution in [-0.2, 0) is 20.1 Å². The van der Waals surface area contributed by atoms with Crippen LogP contribution in [0.1, 0.15) is 84.7 Å². The number of carbonyl (C=O) groups is 4. The van der Waals surface area contributed by atoms with Crippen molar-refractivity contribution in [1.29, 1.82) is 0 Å². The Labute approximate surface area is 415 Å². The molecule has 17 heteroatoms. The molecule has 2 atom stereocenters. The molecule has 0 spiro atoms. The van der Waals surface area contributed by atoms with E-state index < -0.39 is 11.9 Å². The summed E-state index contributed by atoms with van der Waals surface area (Å²) in [6.45, 7) is 15.3. The molecular formula is C52H58ClN7O7S2. The molecule has 5 heterocycles. The largest absolute Gasteiger partial charge is 0.507 e. The maximum Gasteiger partial charge on any atom is 0.259 e. The molecule has 0 aliphatic carbocycles. The van der Waals surface area contributed by atoms with E-state index in [4.69, 9.17) is 21.4 Å². The summed E-state index contributed by atoms with van der Waals surface area (Å²) in [5, 5.41) is 29.3. The van der Waals surface area contributed by atoms with Crippen molar-refractivity contribution in [3.8, 4) is 16.2 Å². The summed E-state index contributed by atoms with van der Waals surface area (Å²) in [4.78, 5) is 58.8. The molecule has 69 heavy (non-hydrogen) atoms. The van der Waals surface area contributed by atoms with E-state index in [0.717, 1.165) is 102 Å². The molecule has 9 rings (SSSR count). The van der Waals surface area contributed by atoms with Gasteiger partial charge in [-0.3, -0.25) is 39.3 Å². The van der Waals surface area contributed by atoms with Gasteiger partial charge in [-0.25, -0.2) is 4.31 Å². The SMILES string of the molecule is C=Nc1ccc(CSN2CCC(Nc3cccc(-c4sc(C(=C)O)c(OCC=O)c4Cl)c3)CC2(C)C)cc1NCN1CCC(c2ccc3c4c(cccc24)C(=O)N3C2CCC(=O)NC2=O)CC1.CO. The monoisotopic (exact) mass is 991 g/mol. The smallest absolute Gasteiger partial charge is 0.259 e. The van der Waals surface area contributed by atoms with Crippen molar-refractivity contribution in [2.24, 2.45) is 4.99 Å².